The van der Waals surface area contributed by atoms with E-state index in [-0.39, 0.29) is 5.92 Å². The van der Waals surface area contributed by atoms with Gasteiger partial charge < -0.3 is 26.2 Å². The molecule has 0 unspecified atom stereocenters. The number of aromatic nitrogens is 2. The molecule has 120 valence electrons. The van der Waals surface area contributed by atoms with Crippen molar-refractivity contribution in [1.82, 2.24) is 9.55 Å². The zero-order chi connectivity index (χ0) is 16.6. The number of aryl methyl sites for hydroxylation is 1. The second-order valence-corrected chi connectivity index (χ2v) is 4.89. The first-order valence-electron chi connectivity index (χ1n) is 6.62. The molecule has 0 fully saturated rings. The van der Waals surface area contributed by atoms with Crippen LogP contribution in [0.2, 0.25) is 0 Å². The average Bonchev–Trinajstić information content (AvgIpc) is 2.83. The lowest BCUT2D eigenvalue weighted by Gasteiger charge is -2.11. The standard InChI is InChI=1S/C7H11N3O2.C6H13NO2/c1-10-4-9-3-5(10)2-6(8)7(11)12;1-3-4(2)5(7)6(8)9/h3-4,6H,2,8H2,1H3,(H,11,12);4-5H,3,7H2,1-2H3,(H,8,9)/t6-;4-,5-/m00/s1. The van der Waals surface area contributed by atoms with Gasteiger partial charge in [0.05, 0.1) is 6.33 Å². The minimum atomic E-state index is -0.990. The minimum absolute atomic E-state index is 0.0718. The lowest BCUT2D eigenvalue weighted by molar-refractivity contribution is -0.140. The van der Waals surface area contributed by atoms with Gasteiger partial charge in [-0.25, -0.2) is 4.98 Å². The molecule has 0 aromatic carbocycles. The molecule has 1 aromatic heterocycles. The first-order chi connectivity index (χ1) is 9.70. The maximum Gasteiger partial charge on any atom is 0.320 e. The van der Waals surface area contributed by atoms with E-state index in [0.717, 1.165) is 12.1 Å². The molecule has 0 bridgehead atoms. The Balaban J connectivity index is 0.000000400. The molecule has 1 heterocycles. The molecule has 0 radical (unpaired) electrons. The smallest absolute Gasteiger partial charge is 0.320 e. The Morgan fingerprint density at radius 1 is 1.33 bits per heavy atom. The zero-order valence-corrected chi connectivity index (χ0v) is 12.6. The number of rotatable bonds is 6. The van der Waals surface area contributed by atoms with Crippen molar-refractivity contribution in [1.29, 1.82) is 0 Å². The van der Waals surface area contributed by atoms with Crippen molar-refractivity contribution in [3.8, 4) is 0 Å². The van der Waals surface area contributed by atoms with Crippen molar-refractivity contribution < 1.29 is 19.8 Å². The highest BCUT2D eigenvalue weighted by molar-refractivity contribution is 5.73. The molecular weight excluding hydrogens is 276 g/mol. The molecular formula is C13H24N4O4. The van der Waals surface area contributed by atoms with E-state index in [0.29, 0.717) is 6.42 Å². The van der Waals surface area contributed by atoms with Gasteiger partial charge in [-0.05, 0) is 5.92 Å². The molecule has 1 aromatic rings. The number of carboxylic acid groups (broad SMARTS) is 2. The number of imidazole rings is 1. The Bertz CT molecular complexity index is 461. The van der Waals surface area contributed by atoms with E-state index in [9.17, 15) is 9.59 Å². The van der Waals surface area contributed by atoms with Gasteiger partial charge in [0, 0.05) is 25.4 Å². The van der Waals surface area contributed by atoms with Crippen LogP contribution in [0.3, 0.4) is 0 Å². The number of nitrogens with two attached hydrogens (primary N) is 2. The van der Waals surface area contributed by atoms with Crippen LogP contribution in [0.25, 0.3) is 0 Å². The summed E-state index contributed by atoms with van der Waals surface area (Å²) >= 11 is 0. The van der Waals surface area contributed by atoms with Gasteiger partial charge >= 0.3 is 11.9 Å². The molecule has 0 saturated carbocycles. The number of carbonyl (C=O) groups is 2. The molecule has 8 heteroatoms. The van der Waals surface area contributed by atoms with Crippen LogP contribution in [0, 0.1) is 5.92 Å². The third kappa shape index (κ3) is 6.87. The monoisotopic (exact) mass is 300 g/mol. The van der Waals surface area contributed by atoms with E-state index in [2.05, 4.69) is 4.98 Å². The number of hydrogen-bond acceptors (Lipinski definition) is 5. The molecule has 0 aliphatic carbocycles. The van der Waals surface area contributed by atoms with Gasteiger partial charge in [0.1, 0.15) is 12.1 Å². The summed E-state index contributed by atoms with van der Waals surface area (Å²) in [5.74, 6) is -1.83. The maximum absolute atomic E-state index is 10.4. The fraction of sp³-hybridized carbons (Fsp3) is 0.615. The molecule has 3 atom stereocenters. The van der Waals surface area contributed by atoms with E-state index in [1.807, 2.05) is 13.8 Å². The molecule has 0 aliphatic heterocycles. The Morgan fingerprint density at radius 3 is 2.19 bits per heavy atom. The highest BCUT2D eigenvalue weighted by Gasteiger charge is 2.17. The Hall–Kier alpha value is -1.93. The van der Waals surface area contributed by atoms with Crippen molar-refractivity contribution in [2.75, 3.05) is 0 Å². The molecule has 0 aliphatic rings. The normalized spacial score (nSPS) is 14.5. The van der Waals surface area contributed by atoms with Crippen LogP contribution in [0.15, 0.2) is 12.5 Å². The first kappa shape index (κ1) is 19.1. The van der Waals surface area contributed by atoms with Gasteiger partial charge in [0.15, 0.2) is 0 Å². The van der Waals surface area contributed by atoms with Gasteiger partial charge in [0.2, 0.25) is 0 Å². The van der Waals surface area contributed by atoms with E-state index < -0.39 is 24.0 Å². The largest absolute Gasteiger partial charge is 0.480 e. The SMILES string of the molecule is CC[C@H](C)[C@H](N)C(=O)O.Cn1cncc1C[C@H](N)C(=O)O. The first-order valence-corrected chi connectivity index (χ1v) is 6.62. The molecule has 21 heavy (non-hydrogen) atoms. The van der Waals surface area contributed by atoms with Crippen LogP contribution in [0.4, 0.5) is 0 Å². The van der Waals surface area contributed by atoms with E-state index in [1.165, 1.54) is 0 Å². The van der Waals surface area contributed by atoms with Crippen LogP contribution < -0.4 is 11.5 Å². The summed E-state index contributed by atoms with van der Waals surface area (Å²) in [4.78, 5) is 24.4. The van der Waals surface area contributed by atoms with Crippen molar-refractivity contribution in [3.63, 3.8) is 0 Å². The number of hydrogen-bond donors (Lipinski definition) is 4. The third-order valence-electron chi connectivity index (χ3n) is 3.20. The summed E-state index contributed by atoms with van der Waals surface area (Å²) < 4.78 is 1.75. The van der Waals surface area contributed by atoms with Crippen LogP contribution >= 0.6 is 0 Å². The summed E-state index contributed by atoms with van der Waals surface area (Å²) in [6, 6.07) is -1.55. The minimum Gasteiger partial charge on any atom is -0.480 e. The fourth-order valence-corrected chi connectivity index (χ4v) is 1.39. The van der Waals surface area contributed by atoms with Gasteiger partial charge in [-0.1, -0.05) is 20.3 Å². The highest BCUT2D eigenvalue weighted by atomic mass is 16.4. The van der Waals surface area contributed by atoms with Gasteiger partial charge in [-0.3, -0.25) is 9.59 Å². The highest BCUT2D eigenvalue weighted by Crippen LogP contribution is 2.04. The molecule has 6 N–H and O–H groups in total. The lowest BCUT2D eigenvalue weighted by Crippen LogP contribution is -2.36. The van der Waals surface area contributed by atoms with Crippen molar-refractivity contribution >= 4 is 11.9 Å². The van der Waals surface area contributed by atoms with E-state index in [4.69, 9.17) is 21.7 Å². The second kappa shape index (κ2) is 9.09. The van der Waals surface area contributed by atoms with Gasteiger partial charge in [-0.2, -0.15) is 0 Å². The average molecular weight is 300 g/mol. The number of carboxylic acids is 2. The van der Waals surface area contributed by atoms with Crippen molar-refractivity contribution in [3.05, 3.63) is 18.2 Å². The third-order valence-corrected chi connectivity index (χ3v) is 3.20. The zero-order valence-electron chi connectivity index (χ0n) is 12.6. The lowest BCUT2D eigenvalue weighted by atomic mass is 10.0. The van der Waals surface area contributed by atoms with E-state index in [1.54, 1.807) is 24.1 Å². The quantitative estimate of drug-likeness (QED) is 0.570. The molecule has 0 spiro atoms. The van der Waals surface area contributed by atoms with Crippen LogP contribution in [-0.2, 0) is 23.1 Å². The topological polar surface area (TPSA) is 144 Å². The summed E-state index contributed by atoms with van der Waals surface area (Å²) in [5.41, 5.74) is 11.4. The summed E-state index contributed by atoms with van der Waals surface area (Å²) in [6.45, 7) is 3.76. The summed E-state index contributed by atoms with van der Waals surface area (Å²) in [6.07, 6.45) is 4.35. The number of aliphatic carboxylic acids is 2. The predicted octanol–water partition coefficient (Wildman–Crippen LogP) is -0.181. The molecule has 0 saturated heterocycles. The summed E-state index contributed by atoms with van der Waals surface area (Å²) in [7, 11) is 1.80. The number of nitrogens with zero attached hydrogens (tertiary/aromatic N) is 2. The molecule has 8 nitrogen and oxygen atoms in total. The van der Waals surface area contributed by atoms with Gasteiger partial charge in [-0.15, -0.1) is 0 Å². The fourth-order valence-electron chi connectivity index (χ4n) is 1.39. The second-order valence-electron chi connectivity index (χ2n) is 4.89. The van der Waals surface area contributed by atoms with Crippen LogP contribution in [0.5, 0.6) is 0 Å². The molecule has 1 rings (SSSR count). The van der Waals surface area contributed by atoms with Crippen LogP contribution in [0.1, 0.15) is 26.0 Å². The van der Waals surface area contributed by atoms with Crippen molar-refractivity contribution in [2.45, 2.75) is 38.8 Å². The van der Waals surface area contributed by atoms with Crippen LogP contribution in [-0.4, -0.2) is 43.8 Å². The van der Waals surface area contributed by atoms with Crippen molar-refractivity contribution in [2.24, 2.45) is 24.4 Å². The van der Waals surface area contributed by atoms with E-state index >= 15 is 0 Å². The molecule has 0 amide bonds. The Labute approximate surface area is 123 Å². The summed E-state index contributed by atoms with van der Waals surface area (Å²) in [5, 5.41) is 16.9. The van der Waals surface area contributed by atoms with Gasteiger partial charge in [0.25, 0.3) is 0 Å². The predicted molar refractivity (Wildman–Crippen MR) is 77.6 cm³/mol. The maximum atomic E-state index is 10.4. The Kier molecular flexibility index (Phi) is 8.25. The Morgan fingerprint density at radius 2 is 1.90 bits per heavy atom.